The molecule has 1 aliphatic rings. The number of carbonyl (C=O) groups is 2. The minimum absolute atomic E-state index is 0.0358. The Morgan fingerprint density at radius 1 is 1.03 bits per heavy atom. The zero-order chi connectivity index (χ0) is 24.7. The molecular formula is C23H25NO9S. The quantitative estimate of drug-likeness (QED) is 0.311. The summed E-state index contributed by atoms with van der Waals surface area (Å²) in [6.45, 7) is 0.360. The molecule has 1 heterocycles. The summed E-state index contributed by atoms with van der Waals surface area (Å²) in [5, 5.41) is 0. The van der Waals surface area contributed by atoms with E-state index < -0.39 is 28.5 Å². The monoisotopic (exact) mass is 491 g/mol. The highest BCUT2D eigenvalue weighted by Gasteiger charge is 2.26. The van der Waals surface area contributed by atoms with Crippen molar-refractivity contribution in [1.82, 2.24) is 4.31 Å². The second-order valence-corrected chi connectivity index (χ2v) is 9.21. The number of fused-ring (bicyclic) bond motifs is 1. The first-order chi connectivity index (χ1) is 16.2. The average Bonchev–Trinajstić information content (AvgIpc) is 3.07. The van der Waals surface area contributed by atoms with Crippen molar-refractivity contribution in [2.45, 2.75) is 11.3 Å². The Morgan fingerprint density at radius 3 is 2.47 bits per heavy atom. The summed E-state index contributed by atoms with van der Waals surface area (Å²) in [5.74, 6) is -0.196. The van der Waals surface area contributed by atoms with Crippen LogP contribution in [0.3, 0.4) is 0 Å². The third-order valence-electron chi connectivity index (χ3n) is 4.80. The van der Waals surface area contributed by atoms with E-state index in [4.69, 9.17) is 18.9 Å². The summed E-state index contributed by atoms with van der Waals surface area (Å²) >= 11 is 0. The van der Waals surface area contributed by atoms with E-state index in [2.05, 4.69) is 4.74 Å². The number of esters is 2. The number of sulfonamides is 1. The number of rotatable bonds is 8. The molecule has 0 N–H and O–H groups in total. The van der Waals surface area contributed by atoms with Crippen LogP contribution in [0.15, 0.2) is 47.4 Å². The molecule has 0 unspecified atom stereocenters. The molecule has 1 aliphatic heterocycles. The first-order valence-corrected chi connectivity index (χ1v) is 11.7. The van der Waals surface area contributed by atoms with Crippen molar-refractivity contribution in [3.05, 3.63) is 48.0 Å². The number of likely N-dealkylation sites (N-methyl/N-ethyl adjacent to an activating group) is 1. The summed E-state index contributed by atoms with van der Waals surface area (Å²) in [4.78, 5) is 23.7. The summed E-state index contributed by atoms with van der Waals surface area (Å²) < 4.78 is 53.0. The Labute approximate surface area is 197 Å². The highest BCUT2D eigenvalue weighted by atomic mass is 32.2. The minimum atomic E-state index is -4.00. The smallest absolute Gasteiger partial charge is 0.330 e. The predicted molar refractivity (Wildman–Crippen MR) is 122 cm³/mol. The molecule has 0 amide bonds. The topological polar surface area (TPSA) is 118 Å². The van der Waals surface area contributed by atoms with Gasteiger partial charge < -0.3 is 23.7 Å². The van der Waals surface area contributed by atoms with Gasteiger partial charge in [-0.3, -0.25) is 4.79 Å². The van der Waals surface area contributed by atoms with Crippen molar-refractivity contribution < 1.29 is 41.7 Å². The zero-order valence-electron chi connectivity index (χ0n) is 19.0. The van der Waals surface area contributed by atoms with Crippen LogP contribution in [0.2, 0.25) is 0 Å². The molecule has 0 saturated heterocycles. The fraction of sp³-hybridized carbons (Fsp3) is 0.304. The van der Waals surface area contributed by atoms with Gasteiger partial charge >= 0.3 is 11.9 Å². The van der Waals surface area contributed by atoms with Gasteiger partial charge in [-0.05, 0) is 35.9 Å². The number of hydrogen-bond acceptors (Lipinski definition) is 9. The minimum Gasteiger partial charge on any atom is -0.493 e. The van der Waals surface area contributed by atoms with Crippen molar-refractivity contribution in [3.8, 4) is 23.0 Å². The number of methoxy groups -OCH3 is 2. The Bertz CT molecular complexity index is 1190. The first-order valence-electron chi connectivity index (χ1n) is 10.3. The van der Waals surface area contributed by atoms with E-state index in [0.29, 0.717) is 36.7 Å². The van der Waals surface area contributed by atoms with Gasteiger partial charge in [0.15, 0.2) is 23.0 Å². The van der Waals surface area contributed by atoms with E-state index in [1.165, 1.54) is 57.7 Å². The Kier molecular flexibility index (Phi) is 8.13. The van der Waals surface area contributed by atoms with E-state index in [9.17, 15) is 18.0 Å². The van der Waals surface area contributed by atoms with Gasteiger partial charge in [0.1, 0.15) is 6.54 Å². The van der Waals surface area contributed by atoms with Gasteiger partial charge in [-0.15, -0.1) is 0 Å². The molecule has 0 spiro atoms. The van der Waals surface area contributed by atoms with Crippen LogP contribution in [0.5, 0.6) is 23.0 Å². The Morgan fingerprint density at radius 2 is 1.76 bits per heavy atom. The van der Waals surface area contributed by atoms with E-state index in [-0.39, 0.29) is 16.4 Å². The van der Waals surface area contributed by atoms with Gasteiger partial charge in [-0.25, -0.2) is 13.2 Å². The van der Waals surface area contributed by atoms with Crippen LogP contribution in [-0.4, -0.2) is 65.7 Å². The summed E-state index contributed by atoms with van der Waals surface area (Å²) in [6.07, 6.45) is 3.43. The number of benzene rings is 2. The maximum absolute atomic E-state index is 13.0. The average molecular weight is 492 g/mol. The molecule has 0 saturated carbocycles. The molecule has 0 aromatic heterocycles. The molecule has 0 aliphatic carbocycles. The Hall–Kier alpha value is -3.57. The molecular weight excluding hydrogens is 466 g/mol. The van der Waals surface area contributed by atoms with Crippen LogP contribution in [0.1, 0.15) is 12.0 Å². The predicted octanol–water partition coefficient (Wildman–Crippen LogP) is 2.27. The van der Waals surface area contributed by atoms with Crippen molar-refractivity contribution in [1.29, 1.82) is 0 Å². The maximum Gasteiger partial charge on any atom is 0.330 e. The van der Waals surface area contributed by atoms with Gasteiger partial charge in [0.2, 0.25) is 10.0 Å². The molecule has 0 radical (unpaired) electrons. The van der Waals surface area contributed by atoms with E-state index in [0.717, 1.165) is 4.31 Å². The van der Waals surface area contributed by atoms with E-state index >= 15 is 0 Å². The highest BCUT2D eigenvalue weighted by molar-refractivity contribution is 7.89. The van der Waals surface area contributed by atoms with E-state index in [1.807, 2.05) is 0 Å². The lowest BCUT2D eigenvalue weighted by Crippen LogP contribution is -2.34. The lowest BCUT2D eigenvalue weighted by atomic mass is 10.2. The van der Waals surface area contributed by atoms with Gasteiger partial charge in [0.05, 0.1) is 32.3 Å². The Balaban J connectivity index is 1.70. The molecule has 3 rings (SSSR count). The van der Waals surface area contributed by atoms with Crippen LogP contribution < -0.4 is 18.9 Å². The molecule has 2 aromatic rings. The SMILES string of the molecule is COC(=O)/C=C/c1ccc(OC(=O)CN(C)S(=O)(=O)c2ccc3c(c2)OCCCO3)c(OC)c1. The van der Waals surface area contributed by atoms with Crippen molar-refractivity contribution >= 4 is 28.0 Å². The number of hydrogen-bond donors (Lipinski definition) is 0. The van der Waals surface area contributed by atoms with Gasteiger partial charge in [-0.2, -0.15) is 4.31 Å². The molecule has 0 fully saturated rings. The summed E-state index contributed by atoms with van der Waals surface area (Å²) in [6, 6.07) is 8.94. The van der Waals surface area contributed by atoms with Crippen LogP contribution >= 0.6 is 0 Å². The molecule has 34 heavy (non-hydrogen) atoms. The number of ether oxygens (including phenoxy) is 5. The van der Waals surface area contributed by atoms with Crippen LogP contribution in [0.25, 0.3) is 6.08 Å². The first kappa shape index (κ1) is 25.1. The van der Waals surface area contributed by atoms with Gasteiger partial charge in [0.25, 0.3) is 0 Å². The molecule has 182 valence electrons. The zero-order valence-corrected chi connectivity index (χ0v) is 19.8. The number of nitrogens with zero attached hydrogens (tertiary/aromatic N) is 1. The van der Waals surface area contributed by atoms with Gasteiger partial charge in [0, 0.05) is 25.6 Å². The van der Waals surface area contributed by atoms with Crippen molar-refractivity contribution in [2.24, 2.45) is 0 Å². The lowest BCUT2D eigenvalue weighted by molar-refractivity contribution is -0.135. The van der Waals surface area contributed by atoms with Crippen molar-refractivity contribution in [3.63, 3.8) is 0 Å². The maximum atomic E-state index is 13.0. The highest BCUT2D eigenvalue weighted by Crippen LogP contribution is 2.33. The second kappa shape index (κ2) is 11.0. The standard InChI is InChI=1S/C23H25NO9S/c1-24(34(27,28)17-7-9-18-21(14-17)32-12-4-11-31-18)15-23(26)33-19-8-5-16(13-20(19)29-2)6-10-22(25)30-3/h5-10,13-14H,4,11-12,15H2,1-3H3/b10-6+. The van der Waals surface area contributed by atoms with Gasteiger partial charge in [-0.1, -0.05) is 6.07 Å². The molecule has 2 aromatic carbocycles. The summed E-state index contributed by atoms with van der Waals surface area (Å²) in [7, 11) is -0.0680. The fourth-order valence-electron chi connectivity index (χ4n) is 3.01. The number of carbonyl (C=O) groups excluding carboxylic acids is 2. The van der Waals surface area contributed by atoms with Crippen LogP contribution in [-0.2, 0) is 24.3 Å². The largest absolute Gasteiger partial charge is 0.493 e. The third kappa shape index (κ3) is 6.06. The van der Waals surface area contributed by atoms with Crippen LogP contribution in [0, 0.1) is 0 Å². The van der Waals surface area contributed by atoms with Crippen molar-refractivity contribution in [2.75, 3.05) is 41.0 Å². The van der Waals surface area contributed by atoms with E-state index in [1.54, 1.807) is 12.1 Å². The molecule has 0 atom stereocenters. The lowest BCUT2D eigenvalue weighted by Gasteiger charge is -2.18. The molecule has 11 heteroatoms. The molecule has 10 nitrogen and oxygen atoms in total. The second-order valence-electron chi connectivity index (χ2n) is 7.16. The third-order valence-corrected chi connectivity index (χ3v) is 6.60. The van der Waals surface area contributed by atoms with Crippen LogP contribution in [0.4, 0.5) is 0 Å². The fourth-order valence-corrected chi connectivity index (χ4v) is 4.14. The summed E-state index contributed by atoms with van der Waals surface area (Å²) in [5.41, 5.74) is 0.608. The normalized spacial score (nSPS) is 13.4. The molecule has 0 bridgehead atoms.